The number of hydrogen-bond donors (Lipinski definition) is 1. The number of para-hydroxylation sites is 1. The van der Waals surface area contributed by atoms with Crippen molar-refractivity contribution < 1.29 is 9.84 Å². The molecule has 2 rings (SSSR count). The van der Waals surface area contributed by atoms with Crippen LogP contribution in [0.25, 0.3) is 0 Å². The second-order valence-electron chi connectivity index (χ2n) is 6.36. The van der Waals surface area contributed by atoms with E-state index >= 15 is 0 Å². The first-order valence-corrected chi connectivity index (χ1v) is 8.28. The van der Waals surface area contributed by atoms with E-state index in [9.17, 15) is 5.11 Å². The van der Waals surface area contributed by atoms with Gasteiger partial charge in [0, 0.05) is 18.6 Å². The van der Waals surface area contributed by atoms with E-state index in [0.29, 0.717) is 25.2 Å². The minimum absolute atomic E-state index is 0.361. The maximum atomic E-state index is 10.3. The fourth-order valence-electron chi connectivity index (χ4n) is 3.20. The van der Waals surface area contributed by atoms with E-state index in [1.165, 1.54) is 32.1 Å². The number of aliphatic hydroxyl groups is 1. The van der Waals surface area contributed by atoms with Crippen molar-refractivity contribution in [3.05, 3.63) is 30.3 Å². The molecule has 0 aromatic heterocycles. The van der Waals surface area contributed by atoms with Crippen LogP contribution in [-0.4, -0.2) is 41.3 Å². The summed E-state index contributed by atoms with van der Waals surface area (Å²) >= 11 is 0. The van der Waals surface area contributed by atoms with Gasteiger partial charge in [-0.3, -0.25) is 4.90 Å². The Balaban J connectivity index is 1.81. The second-order valence-corrected chi connectivity index (χ2v) is 6.36. The number of ether oxygens (including phenoxy) is 1. The van der Waals surface area contributed by atoms with Crippen LogP contribution >= 0.6 is 0 Å². The highest BCUT2D eigenvalue weighted by molar-refractivity contribution is 5.20. The number of rotatable bonds is 7. The summed E-state index contributed by atoms with van der Waals surface area (Å²) < 4.78 is 5.66. The van der Waals surface area contributed by atoms with Crippen LogP contribution in [0.5, 0.6) is 5.75 Å². The largest absolute Gasteiger partial charge is 0.491 e. The summed E-state index contributed by atoms with van der Waals surface area (Å²) in [5.74, 6) is 0.824. The third-order valence-electron chi connectivity index (χ3n) is 4.31. The maximum absolute atomic E-state index is 10.3. The van der Waals surface area contributed by atoms with Gasteiger partial charge in [0.2, 0.25) is 0 Å². The van der Waals surface area contributed by atoms with Crippen LogP contribution in [0.3, 0.4) is 0 Å². The molecule has 0 bridgehead atoms. The van der Waals surface area contributed by atoms with Crippen LogP contribution in [-0.2, 0) is 0 Å². The first-order valence-electron chi connectivity index (χ1n) is 8.28. The Kier molecular flexibility index (Phi) is 6.52. The van der Waals surface area contributed by atoms with E-state index in [4.69, 9.17) is 4.74 Å². The number of hydrogen-bond acceptors (Lipinski definition) is 3. The van der Waals surface area contributed by atoms with Crippen LogP contribution < -0.4 is 4.74 Å². The molecule has 3 nitrogen and oxygen atoms in total. The van der Waals surface area contributed by atoms with Gasteiger partial charge >= 0.3 is 0 Å². The fourth-order valence-corrected chi connectivity index (χ4v) is 3.20. The van der Waals surface area contributed by atoms with Crippen LogP contribution in [0.15, 0.2) is 30.3 Å². The van der Waals surface area contributed by atoms with E-state index in [-0.39, 0.29) is 0 Å². The number of benzene rings is 1. The zero-order valence-corrected chi connectivity index (χ0v) is 13.4. The summed E-state index contributed by atoms with van der Waals surface area (Å²) in [7, 11) is 0. The quantitative estimate of drug-likeness (QED) is 0.835. The standard InChI is InChI=1S/C18H29NO2/c1-15(2)19(16-9-5-3-6-10-16)13-17(20)14-21-18-11-7-4-8-12-18/h4,7-8,11-12,15-17,20H,3,5-6,9-10,13-14H2,1-2H3/t17-/m1/s1. The Bertz CT molecular complexity index is 387. The molecule has 0 radical (unpaired) electrons. The molecule has 0 amide bonds. The molecule has 1 N–H and O–H groups in total. The summed E-state index contributed by atoms with van der Waals surface area (Å²) in [6, 6.07) is 10.8. The van der Waals surface area contributed by atoms with Crippen molar-refractivity contribution in [2.45, 2.75) is 64.1 Å². The first kappa shape index (κ1) is 16.3. The van der Waals surface area contributed by atoms with Gasteiger partial charge in [0.1, 0.15) is 18.5 Å². The summed E-state index contributed by atoms with van der Waals surface area (Å²) in [5, 5.41) is 10.3. The Labute approximate surface area is 128 Å². The van der Waals surface area contributed by atoms with Gasteiger partial charge in [-0.05, 0) is 38.8 Å². The Morgan fingerprint density at radius 2 is 1.81 bits per heavy atom. The van der Waals surface area contributed by atoms with Crippen LogP contribution in [0.2, 0.25) is 0 Å². The van der Waals surface area contributed by atoms with Crippen LogP contribution in [0.4, 0.5) is 0 Å². The Morgan fingerprint density at radius 1 is 1.14 bits per heavy atom. The van der Waals surface area contributed by atoms with Crippen LogP contribution in [0, 0.1) is 0 Å². The average Bonchev–Trinajstić information content (AvgIpc) is 2.52. The molecular formula is C18H29NO2. The molecule has 0 saturated heterocycles. The number of aliphatic hydroxyl groups excluding tert-OH is 1. The van der Waals surface area contributed by atoms with E-state index in [1.807, 2.05) is 30.3 Å². The lowest BCUT2D eigenvalue weighted by Crippen LogP contribution is -2.46. The van der Waals surface area contributed by atoms with Gasteiger partial charge in [-0.25, -0.2) is 0 Å². The highest BCUT2D eigenvalue weighted by Gasteiger charge is 2.25. The highest BCUT2D eigenvalue weighted by Crippen LogP contribution is 2.24. The van der Waals surface area contributed by atoms with Crippen molar-refractivity contribution in [1.82, 2.24) is 4.90 Å². The highest BCUT2D eigenvalue weighted by atomic mass is 16.5. The number of nitrogens with zero attached hydrogens (tertiary/aromatic N) is 1. The normalized spacial score (nSPS) is 18.1. The minimum atomic E-state index is -0.436. The lowest BCUT2D eigenvalue weighted by atomic mass is 9.93. The SMILES string of the molecule is CC(C)N(C[C@@H](O)COc1ccccc1)C1CCCCC1. The van der Waals surface area contributed by atoms with E-state index in [0.717, 1.165) is 5.75 Å². The van der Waals surface area contributed by atoms with Gasteiger partial charge in [0.15, 0.2) is 0 Å². The summed E-state index contributed by atoms with van der Waals surface area (Å²) in [6.45, 7) is 5.51. The molecule has 21 heavy (non-hydrogen) atoms. The molecule has 0 unspecified atom stereocenters. The van der Waals surface area contributed by atoms with Gasteiger partial charge in [0.05, 0.1) is 0 Å². The van der Waals surface area contributed by atoms with E-state index in [2.05, 4.69) is 18.7 Å². The predicted octanol–water partition coefficient (Wildman–Crippen LogP) is 3.47. The third-order valence-corrected chi connectivity index (χ3v) is 4.31. The smallest absolute Gasteiger partial charge is 0.119 e. The average molecular weight is 291 g/mol. The summed E-state index contributed by atoms with van der Waals surface area (Å²) in [4.78, 5) is 2.46. The third kappa shape index (κ3) is 5.33. The predicted molar refractivity (Wildman–Crippen MR) is 86.7 cm³/mol. The Hall–Kier alpha value is -1.06. The molecule has 1 aliphatic rings. The molecule has 1 saturated carbocycles. The minimum Gasteiger partial charge on any atom is -0.491 e. The molecule has 0 heterocycles. The van der Waals surface area contributed by atoms with Crippen molar-refractivity contribution in [1.29, 1.82) is 0 Å². The maximum Gasteiger partial charge on any atom is 0.119 e. The van der Waals surface area contributed by atoms with Crippen molar-refractivity contribution in [2.75, 3.05) is 13.2 Å². The van der Waals surface area contributed by atoms with Gasteiger partial charge < -0.3 is 9.84 Å². The zero-order chi connectivity index (χ0) is 15.1. The molecular weight excluding hydrogens is 262 g/mol. The lowest BCUT2D eigenvalue weighted by Gasteiger charge is -2.38. The van der Waals surface area contributed by atoms with Crippen molar-refractivity contribution in [2.24, 2.45) is 0 Å². The molecule has 0 spiro atoms. The van der Waals surface area contributed by atoms with E-state index in [1.54, 1.807) is 0 Å². The van der Waals surface area contributed by atoms with Crippen LogP contribution in [0.1, 0.15) is 46.0 Å². The molecule has 3 heteroatoms. The zero-order valence-electron chi connectivity index (χ0n) is 13.4. The summed E-state index contributed by atoms with van der Waals surface area (Å²) in [5.41, 5.74) is 0. The van der Waals surface area contributed by atoms with Gasteiger partial charge in [-0.15, -0.1) is 0 Å². The van der Waals surface area contributed by atoms with Gasteiger partial charge in [0.25, 0.3) is 0 Å². The van der Waals surface area contributed by atoms with Gasteiger partial charge in [-0.2, -0.15) is 0 Å². The molecule has 1 fully saturated rings. The molecule has 1 aliphatic carbocycles. The molecule has 1 aromatic rings. The molecule has 1 aromatic carbocycles. The van der Waals surface area contributed by atoms with Gasteiger partial charge in [-0.1, -0.05) is 37.5 Å². The lowest BCUT2D eigenvalue weighted by molar-refractivity contribution is 0.0287. The molecule has 118 valence electrons. The first-order chi connectivity index (χ1) is 10.2. The molecule has 1 atom stereocenters. The van der Waals surface area contributed by atoms with Crippen molar-refractivity contribution in [3.63, 3.8) is 0 Å². The monoisotopic (exact) mass is 291 g/mol. The molecule has 0 aliphatic heterocycles. The fraction of sp³-hybridized carbons (Fsp3) is 0.667. The summed E-state index contributed by atoms with van der Waals surface area (Å²) in [6.07, 6.45) is 6.11. The Morgan fingerprint density at radius 3 is 2.43 bits per heavy atom. The second kappa shape index (κ2) is 8.40. The topological polar surface area (TPSA) is 32.7 Å². The van der Waals surface area contributed by atoms with Crippen molar-refractivity contribution >= 4 is 0 Å². The van der Waals surface area contributed by atoms with E-state index < -0.39 is 6.10 Å². The van der Waals surface area contributed by atoms with Crippen molar-refractivity contribution in [3.8, 4) is 5.75 Å².